The number of halogens is 6. The van der Waals surface area contributed by atoms with E-state index in [-0.39, 0.29) is 21.0 Å². The van der Waals surface area contributed by atoms with Crippen molar-refractivity contribution in [3.8, 4) is 0 Å². The number of hydrogen-bond donors (Lipinski definition) is 3. The highest BCUT2D eigenvalue weighted by Crippen LogP contribution is 2.42. The van der Waals surface area contributed by atoms with Crippen LogP contribution < -0.4 is 10.6 Å². The summed E-state index contributed by atoms with van der Waals surface area (Å²) in [4.78, 5) is 38.3. The molecule has 3 aromatic carbocycles. The van der Waals surface area contributed by atoms with E-state index >= 15 is 0 Å². The van der Waals surface area contributed by atoms with Crippen molar-refractivity contribution >= 4 is 111 Å². The van der Waals surface area contributed by atoms with Gasteiger partial charge in [-0.25, -0.2) is 4.79 Å². The molecule has 0 heterocycles. The van der Waals surface area contributed by atoms with Crippen molar-refractivity contribution in [2.75, 3.05) is 10.6 Å². The van der Waals surface area contributed by atoms with Gasteiger partial charge in [0.1, 0.15) is 0 Å². The Kier molecular flexibility index (Phi) is 10.3. The van der Waals surface area contributed by atoms with Crippen molar-refractivity contribution in [3.05, 3.63) is 83.7 Å². The summed E-state index contributed by atoms with van der Waals surface area (Å²) in [6.07, 6.45) is 0.508. The molecular weight excluding hydrogens is 625 g/mol. The number of carboxylic acid groups (broad SMARTS) is 1. The van der Waals surface area contributed by atoms with Crippen molar-refractivity contribution in [1.29, 1.82) is 0 Å². The predicted molar refractivity (Wildman–Crippen MR) is 153 cm³/mol. The van der Waals surface area contributed by atoms with Crippen molar-refractivity contribution in [2.45, 2.75) is 23.5 Å². The maximum atomic E-state index is 13.0. The summed E-state index contributed by atoms with van der Waals surface area (Å²) in [6.45, 7) is 1.86. The molecule has 3 aromatic rings. The number of aromatic carboxylic acids is 1. The third-order valence-electron chi connectivity index (χ3n) is 4.93. The predicted octanol–water partition coefficient (Wildman–Crippen LogP) is 9.07. The number of carboxylic acids is 1. The summed E-state index contributed by atoms with van der Waals surface area (Å²) in [5.74, 6) is -2.60. The topological polar surface area (TPSA) is 95.5 Å². The molecule has 1 unspecified atom stereocenters. The first-order valence-electron chi connectivity index (χ1n) is 10.4. The average Bonchev–Trinajstić information content (AvgIpc) is 2.85. The highest BCUT2D eigenvalue weighted by molar-refractivity contribution is 8.00. The minimum absolute atomic E-state index is 0.244. The first-order valence-corrected chi connectivity index (χ1v) is 13.5. The molecule has 13 heteroatoms. The van der Waals surface area contributed by atoms with Gasteiger partial charge in [-0.15, -0.1) is 11.8 Å². The Hall–Kier alpha value is -1.84. The number of benzene rings is 3. The van der Waals surface area contributed by atoms with Gasteiger partial charge in [0, 0.05) is 16.3 Å². The van der Waals surface area contributed by atoms with E-state index < -0.39 is 33.3 Å². The number of carbonyl (C=O) groups excluding carboxylic acids is 2. The Labute approximate surface area is 246 Å². The molecule has 37 heavy (non-hydrogen) atoms. The molecule has 0 aliphatic carbocycles. The summed E-state index contributed by atoms with van der Waals surface area (Å²) >= 11 is 37.4. The van der Waals surface area contributed by atoms with Crippen molar-refractivity contribution in [3.63, 3.8) is 0 Å². The van der Waals surface area contributed by atoms with Gasteiger partial charge in [0.15, 0.2) is 0 Å². The molecule has 194 valence electrons. The van der Waals surface area contributed by atoms with Crippen LogP contribution in [-0.2, 0) is 4.79 Å². The third-order valence-corrected chi connectivity index (χ3v) is 8.83. The zero-order valence-electron chi connectivity index (χ0n) is 18.7. The van der Waals surface area contributed by atoms with E-state index in [0.717, 1.165) is 0 Å². The quantitative estimate of drug-likeness (QED) is 0.130. The van der Waals surface area contributed by atoms with Crippen LogP contribution in [0.25, 0.3) is 0 Å². The van der Waals surface area contributed by atoms with Gasteiger partial charge < -0.3 is 15.7 Å². The molecular formula is C24H16Cl6N2O4S. The molecule has 2 amide bonds. The molecule has 0 aliphatic rings. The van der Waals surface area contributed by atoms with Gasteiger partial charge in [0.2, 0.25) is 5.91 Å². The Balaban J connectivity index is 1.81. The van der Waals surface area contributed by atoms with Crippen LogP contribution in [0.4, 0.5) is 11.4 Å². The summed E-state index contributed by atoms with van der Waals surface area (Å²) in [5, 5.41) is 13.9. The molecule has 0 bridgehead atoms. The van der Waals surface area contributed by atoms with Gasteiger partial charge >= 0.3 is 5.97 Å². The molecule has 0 saturated heterocycles. The molecule has 0 aliphatic heterocycles. The number of anilines is 2. The van der Waals surface area contributed by atoms with E-state index in [9.17, 15) is 19.5 Å². The summed E-state index contributed by atoms with van der Waals surface area (Å²) in [5.41, 5.74) is -0.177. The lowest BCUT2D eigenvalue weighted by Crippen LogP contribution is -2.24. The molecule has 6 nitrogen and oxygen atoms in total. The van der Waals surface area contributed by atoms with E-state index in [1.165, 1.54) is 11.8 Å². The molecule has 1 atom stereocenters. The molecule has 0 radical (unpaired) electrons. The molecule has 3 N–H and O–H groups in total. The zero-order chi connectivity index (χ0) is 27.4. The van der Waals surface area contributed by atoms with E-state index in [4.69, 9.17) is 69.6 Å². The monoisotopic (exact) mass is 638 g/mol. The van der Waals surface area contributed by atoms with Gasteiger partial charge in [-0.05, 0) is 42.8 Å². The number of rotatable bonds is 8. The van der Waals surface area contributed by atoms with Crippen LogP contribution in [-0.4, -0.2) is 28.1 Å². The zero-order valence-corrected chi connectivity index (χ0v) is 24.0. The van der Waals surface area contributed by atoms with Gasteiger partial charge in [0.25, 0.3) is 5.91 Å². The van der Waals surface area contributed by atoms with E-state index in [0.29, 0.717) is 32.7 Å². The lowest BCUT2D eigenvalue weighted by Gasteiger charge is -2.16. The van der Waals surface area contributed by atoms with Crippen LogP contribution in [0.15, 0.2) is 47.4 Å². The largest absolute Gasteiger partial charge is 0.478 e. The Morgan fingerprint density at radius 1 is 0.811 bits per heavy atom. The van der Waals surface area contributed by atoms with Crippen LogP contribution >= 0.6 is 81.4 Å². The van der Waals surface area contributed by atoms with Crippen molar-refractivity contribution < 1.29 is 19.5 Å². The molecule has 0 fully saturated rings. The minimum Gasteiger partial charge on any atom is -0.478 e. The standard InChI is InChI=1S/C24H16Cl6N2O4S/c1-2-15(22(33)31-11-6-7-13(25)14(26)9-11)37-12-5-3-4-10(8-12)32-23(34)16-17(24(35)36)19(28)21(30)20(29)18(16)27/h3-9,15H,2H2,1H3,(H,31,33)(H,32,34)(H,35,36). The second-order valence-corrected chi connectivity index (χ2v) is 11.0. The van der Waals surface area contributed by atoms with Gasteiger partial charge in [-0.1, -0.05) is 82.6 Å². The molecule has 3 rings (SSSR count). The van der Waals surface area contributed by atoms with Crippen LogP contribution in [0.1, 0.15) is 34.1 Å². The first-order chi connectivity index (χ1) is 17.4. The SMILES string of the molecule is CCC(Sc1cccc(NC(=O)c2c(Cl)c(Cl)c(Cl)c(Cl)c2C(=O)O)c1)C(=O)Nc1ccc(Cl)c(Cl)c1. The number of nitrogens with one attached hydrogen (secondary N) is 2. The van der Waals surface area contributed by atoms with E-state index in [2.05, 4.69) is 10.6 Å². The number of hydrogen-bond acceptors (Lipinski definition) is 4. The Morgan fingerprint density at radius 3 is 2.03 bits per heavy atom. The third kappa shape index (κ3) is 6.98. The molecule has 0 saturated carbocycles. The maximum Gasteiger partial charge on any atom is 0.338 e. The van der Waals surface area contributed by atoms with Crippen molar-refractivity contribution in [2.24, 2.45) is 0 Å². The van der Waals surface area contributed by atoms with E-state index in [1.54, 1.807) is 42.5 Å². The first kappa shape index (κ1) is 29.7. The van der Waals surface area contributed by atoms with Crippen LogP contribution in [0.5, 0.6) is 0 Å². The number of carbonyl (C=O) groups is 3. The molecule has 0 aromatic heterocycles. The van der Waals surface area contributed by atoms with Crippen LogP contribution in [0.2, 0.25) is 30.1 Å². The second kappa shape index (κ2) is 12.8. The fraction of sp³-hybridized carbons (Fsp3) is 0.125. The summed E-state index contributed by atoms with van der Waals surface area (Å²) in [6, 6.07) is 11.4. The summed E-state index contributed by atoms with van der Waals surface area (Å²) < 4.78 is 0. The second-order valence-electron chi connectivity index (χ2n) is 7.43. The smallest absolute Gasteiger partial charge is 0.338 e. The number of thioether (sulfide) groups is 1. The van der Waals surface area contributed by atoms with Gasteiger partial charge in [-0.2, -0.15) is 0 Å². The maximum absolute atomic E-state index is 13.0. The van der Waals surface area contributed by atoms with Gasteiger partial charge in [-0.3, -0.25) is 9.59 Å². The average molecular weight is 641 g/mol. The fourth-order valence-electron chi connectivity index (χ4n) is 3.17. The van der Waals surface area contributed by atoms with Crippen LogP contribution in [0.3, 0.4) is 0 Å². The Morgan fingerprint density at radius 2 is 1.43 bits per heavy atom. The highest BCUT2D eigenvalue weighted by Gasteiger charge is 2.29. The Bertz CT molecular complexity index is 1400. The lowest BCUT2D eigenvalue weighted by atomic mass is 10.1. The normalized spacial score (nSPS) is 11.6. The van der Waals surface area contributed by atoms with Crippen LogP contribution in [0, 0.1) is 0 Å². The van der Waals surface area contributed by atoms with Crippen molar-refractivity contribution in [1.82, 2.24) is 0 Å². The molecule has 0 spiro atoms. The minimum atomic E-state index is -1.50. The van der Waals surface area contributed by atoms with Gasteiger partial charge in [0.05, 0.1) is 46.5 Å². The summed E-state index contributed by atoms with van der Waals surface area (Å²) in [7, 11) is 0. The van der Waals surface area contributed by atoms with E-state index in [1.807, 2.05) is 6.92 Å². The fourth-order valence-corrected chi connectivity index (χ4v) is 5.50. The lowest BCUT2D eigenvalue weighted by molar-refractivity contribution is -0.115. The highest BCUT2D eigenvalue weighted by atomic mass is 35.5. The number of amides is 2.